The average molecular weight is 286 g/mol. The second-order valence-electron chi connectivity index (χ2n) is 4.57. The third-order valence-corrected chi connectivity index (χ3v) is 3.27. The molecule has 0 amide bonds. The minimum Gasteiger partial charge on any atom is -0.493 e. The molecule has 3 aromatic rings. The van der Waals surface area contributed by atoms with Crippen LogP contribution in [-0.4, -0.2) is 21.1 Å². The van der Waals surface area contributed by atoms with Gasteiger partial charge in [-0.2, -0.15) is 0 Å². The summed E-state index contributed by atoms with van der Waals surface area (Å²) in [6.45, 7) is 2.21. The van der Waals surface area contributed by atoms with Crippen molar-refractivity contribution in [3.05, 3.63) is 54.1 Å². The van der Waals surface area contributed by atoms with Gasteiger partial charge >= 0.3 is 0 Å². The lowest BCUT2D eigenvalue weighted by Crippen LogP contribution is -1.97. The molecule has 21 heavy (non-hydrogen) atoms. The summed E-state index contributed by atoms with van der Waals surface area (Å²) in [7, 11) is 0. The van der Waals surface area contributed by atoms with Crippen LogP contribution in [0.5, 0.6) is 5.75 Å². The van der Waals surface area contributed by atoms with Crippen molar-refractivity contribution >= 4 is 5.65 Å². The third kappa shape index (κ3) is 2.36. The highest BCUT2D eigenvalue weighted by molar-refractivity contribution is 5.72. The van der Waals surface area contributed by atoms with Crippen LogP contribution in [0.25, 0.3) is 16.9 Å². The fourth-order valence-electron chi connectivity index (χ4n) is 2.38. The van der Waals surface area contributed by atoms with Crippen molar-refractivity contribution in [3.8, 4) is 17.0 Å². The van der Waals surface area contributed by atoms with E-state index in [-0.39, 0.29) is 12.4 Å². The van der Waals surface area contributed by atoms with Gasteiger partial charge in [0.05, 0.1) is 24.6 Å². The first-order valence-electron chi connectivity index (χ1n) is 6.74. The van der Waals surface area contributed by atoms with Gasteiger partial charge in [-0.25, -0.2) is 9.37 Å². The molecule has 0 aliphatic rings. The summed E-state index contributed by atoms with van der Waals surface area (Å²) >= 11 is 0. The maximum atomic E-state index is 13.4. The molecule has 0 fully saturated rings. The number of nitrogens with zero attached hydrogens (tertiary/aromatic N) is 2. The van der Waals surface area contributed by atoms with Gasteiger partial charge in [-0.15, -0.1) is 0 Å². The monoisotopic (exact) mass is 286 g/mol. The summed E-state index contributed by atoms with van der Waals surface area (Å²) in [6.07, 6.45) is 1.32. The van der Waals surface area contributed by atoms with Gasteiger partial charge < -0.3 is 9.84 Å². The van der Waals surface area contributed by atoms with Crippen LogP contribution in [0.2, 0.25) is 0 Å². The highest BCUT2D eigenvalue weighted by Gasteiger charge is 2.16. The van der Waals surface area contributed by atoms with Crippen molar-refractivity contribution in [2.45, 2.75) is 13.5 Å². The molecule has 0 bridgehead atoms. The van der Waals surface area contributed by atoms with Crippen molar-refractivity contribution in [3.63, 3.8) is 0 Å². The lowest BCUT2D eigenvalue weighted by molar-refractivity contribution is 0.276. The fraction of sp³-hybridized carbons (Fsp3) is 0.188. The smallest absolute Gasteiger partial charge is 0.139 e. The Morgan fingerprint density at radius 2 is 2.05 bits per heavy atom. The van der Waals surface area contributed by atoms with Crippen LogP contribution in [0.4, 0.5) is 4.39 Å². The van der Waals surface area contributed by atoms with E-state index in [1.165, 1.54) is 12.3 Å². The average Bonchev–Trinajstić information content (AvgIpc) is 2.85. The van der Waals surface area contributed by atoms with Crippen LogP contribution in [0, 0.1) is 5.82 Å². The summed E-state index contributed by atoms with van der Waals surface area (Å²) < 4.78 is 20.6. The van der Waals surface area contributed by atoms with Gasteiger partial charge in [-0.3, -0.25) is 4.40 Å². The molecule has 0 spiro atoms. The minimum atomic E-state index is -0.376. The molecule has 0 saturated carbocycles. The predicted octanol–water partition coefficient (Wildman–Crippen LogP) is 3.03. The van der Waals surface area contributed by atoms with Crippen LogP contribution in [0.15, 0.2) is 42.6 Å². The normalized spacial score (nSPS) is 11.0. The van der Waals surface area contributed by atoms with E-state index in [1.54, 1.807) is 10.5 Å². The van der Waals surface area contributed by atoms with Gasteiger partial charge in [0, 0.05) is 11.8 Å². The Bertz CT molecular complexity index is 783. The Morgan fingerprint density at radius 1 is 1.24 bits per heavy atom. The van der Waals surface area contributed by atoms with Crippen LogP contribution >= 0.6 is 0 Å². The van der Waals surface area contributed by atoms with Crippen molar-refractivity contribution in [1.82, 2.24) is 9.38 Å². The van der Waals surface area contributed by atoms with Gasteiger partial charge in [-0.05, 0) is 31.2 Å². The highest BCUT2D eigenvalue weighted by Crippen LogP contribution is 2.32. The van der Waals surface area contributed by atoms with Crippen LogP contribution in [0.1, 0.15) is 12.6 Å². The van der Waals surface area contributed by atoms with Crippen molar-refractivity contribution in [2.75, 3.05) is 6.61 Å². The number of benzene rings is 1. The molecule has 0 saturated heterocycles. The topological polar surface area (TPSA) is 46.8 Å². The molecular formula is C16H15FN2O2. The number of pyridine rings is 1. The molecular weight excluding hydrogens is 271 g/mol. The van der Waals surface area contributed by atoms with Crippen LogP contribution < -0.4 is 4.74 Å². The van der Waals surface area contributed by atoms with Gasteiger partial charge in [-0.1, -0.05) is 12.1 Å². The first-order chi connectivity index (χ1) is 10.2. The molecule has 2 heterocycles. The van der Waals surface area contributed by atoms with Gasteiger partial charge in [0.1, 0.15) is 17.2 Å². The molecule has 0 unspecified atom stereocenters. The lowest BCUT2D eigenvalue weighted by atomic mass is 10.1. The quantitative estimate of drug-likeness (QED) is 0.802. The summed E-state index contributed by atoms with van der Waals surface area (Å²) in [5.74, 6) is 0.317. The van der Waals surface area contributed by atoms with Crippen LogP contribution in [0.3, 0.4) is 0 Å². The van der Waals surface area contributed by atoms with Gasteiger partial charge in [0.15, 0.2) is 0 Å². The number of aliphatic hydroxyl groups excluding tert-OH is 1. The number of fused-ring (bicyclic) bond motifs is 1. The zero-order valence-electron chi connectivity index (χ0n) is 11.6. The zero-order chi connectivity index (χ0) is 14.8. The molecule has 0 radical (unpaired) electrons. The number of rotatable bonds is 4. The maximum absolute atomic E-state index is 13.4. The first kappa shape index (κ1) is 13.6. The van der Waals surface area contributed by atoms with Gasteiger partial charge in [0.2, 0.25) is 0 Å². The SMILES string of the molecule is CCOc1ccccc1-c1nc2ccc(F)cn2c1CO. The Kier molecular flexibility index (Phi) is 3.58. The second kappa shape index (κ2) is 5.54. The predicted molar refractivity (Wildman–Crippen MR) is 77.7 cm³/mol. The molecule has 1 N–H and O–H groups in total. The van der Waals surface area contributed by atoms with Crippen molar-refractivity contribution in [2.24, 2.45) is 0 Å². The molecule has 2 aromatic heterocycles. The molecule has 0 atom stereocenters. The number of aromatic nitrogens is 2. The van der Waals surface area contributed by atoms with E-state index in [9.17, 15) is 9.50 Å². The number of para-hydroxylation sites is 1. The zero-order valence-corrected chi connectivity index (χ0v) is 11.6. The highest BCUT2D eigenvalue weighted by atomic mass is 19.1. The van der Waals surface area contributed by atoms with E-state index in [4.69, 9.17) is 4.74 Å². The minimum absolute atomic E-state index is 0.236. The Balaban J connectivity index is 2.25. The van der Waals surface area contributed by atoms with E-state index < -0.39 is 0 Å². The summed E-state index contributed by atoms with van der Waals surface area (Å²) in [6, 6.07) is 10.4. The fourth-order valence-corrected chi connectivity index (χ4v) is 2.38. The van der Waals surface area contributed by atoms with Crippen molar-refractivity contribution in [1.29, 1.82) is 0 Å². The first-order valence-corrected chi connectivity index (χ1v) is 6.74. The Morgan fingerprint density at radius 3 is 2.81 bits per heavy atom. The third-order valence-electron chi connectivity index (χ3n) is 3.27. The summed E-state index contributed by atoms with van der Waals surface area (Å²) in [5.41, 5.74) is 2.51. The molecule has 5 heteroatoms. The number of imidazole rings is 1. The van der Waals surface area contributed by atoms with E-state index in [0.29, 0.717) is 29.4 Å². The van der Waals surface area contributed by atoms with Gasteiger partial charge in [0.25, 0.3) is 0 Å². The molecule has 3 rings (SSSR count). The van der Waals surface area contributed by atoms with E-state index in [1.807, 2.05) is 31.2 Å². The maximum Gasteiger partial charge on any atom is 0.139 e. The Labute approximate surface area is 121 Å². The van der Waals surface area contributed by atoms with E-state index in [2.05, 4.69) is 4.98 Å². The van der Waals surface area contributed by atoms with Crippen LogP contribution in [-0.2, 0) is 6.61 Å². The summed E-state index contributed by atoms with van der Waals surface area (Å²) in [5, 5.41) is 9.65. The number of hydrogen-bond acceptors (Lipinski definition) is 3. The number of hydrogen-bond donors (Lipinski definition) is 1. The Hall–Kier alpha value is -2.40. The molecule has 0 aliphatic carbocycles. The largest absolute Gasteiger partial charge is 0.493 e. The van der Waals surface area contributed by atoms with Crippen molar-refractivity contribution < 1.29 is 14.2 Å². The second-order valence-corrected chi connectivity index (χ2v) is 4.57. The number of aliphatic hydroxyl groups is 1. The van der Waals surface area contributed by atoms with E-state index >= 15 is 0 Å². The molecule has 0 aliphatic heterocycles. The molecule has 4 nitrogen and oxygen atoms in total. The van der Waals surface area contributed by atoms with E-state index in [0.717, 1.165) is 5.56 Å². The number of halogens is 1. The molecule has 1 aromatic carbocycles. The standard InChI is InChI=1S/C16H15FN2O2/c1-2-21-14-6-4-3-5-12(14)16-13(10-20)19-9-11(17)7-8-15(19)18-16/h3-9,20H,2,10H2,1H3. The number of ether oxygens (including phenoxy) is 1. The lowest BCUT2D eigenvalue weighted by Gasteiger charge is -2.09. The molecule has 108 valence electrons. The summed E-state index contributed by atoms with van der Waals surface area (Å²) in [4.78, 5) is 4.49.